The van der Waals surface area contributed by atoms with E-state index in [1.807, 2.05) is 54.6 Å². The van der Waals surface area contributed by atoms with Crippen molar-refractivity contribution in [1.82, 2.24) is 10.2 Å². The zero-order chi connectivity index (χ0) is 21.9. The molecule has 2 amide bonds. The summed E-state index contributed by atoms with van der Waals surface area (Å²) >= 11 is 0. The maximum atomic E-state index is 13.1. The maximum absolute atomic E-state index is 13.1. The fourth-order valence-corrected chi connectivity index (χ4v) is 3.21. The fourth-order valence-electron chi connectivity index (χ4n) is 3.21. The second-order valence-electron chi connectivity index (χ2n) is 7.81. The molecule has 5 nitrogen and oxygen atoms in total. The molecule has 162 valence electrons. The number of unbranched alkanes of at least 4 members (excludes halogenated alkanes) is 1. The van der Waals surface area contributed by atoms with Crippen LogP contribution in [0.3, 0.4) is 0 Å². The van der Waals surface area contributed by atoms with E-state index in [4.69, 9.17) is 4.74 Å². The number of hydrogen-bond donors (Lipinski definition) is 1. The van der Waals surface area contributed by atoms with E-state index in [-0.39, 0.29) is 18.4 Å². The molecule has 2 aromatic rings. The van der Waals surface area contributed by atoms with Gasteiger partial charge in [-0.3, -0.25) is 9.59 Å². The number of carbonyl (C=O) groups is 2. The molecule has 0 bridgehead atoms. The number of amides is 2. The van der Waals surface area contributed by atoms with Crippen molar-refractivity contribution in [3.8, 4) is 5.75 Å². The van der Waals surface area contributed by atoms with Crippen molar-refractivity contribution in [3.05, 3.63) is 65.7 Å². The lowest BCUT2D eigenvalue weighted by molar-refractivity contribution is -0.142. The summed E-state index contributed by atoms with van der Waals surface area (Å²) < 4.78 is 5.88. The largest absolute Gasteiger partial charge is 0.483 e. The maximum Gasteiger partial charge on any atom is 0.261 e. The third-order valence-electron chi connectivity index (χ3n) is 5.08. The molecule has 5 heteroatoms. The van der Waals surface area contributed by atoms with E-state index < -0.39 is 6.04 Å². The molecule has 1 N–H and O–H groups in total. The van der Waals surface area contributed by atoms with Gasteiger partial charge in [-0.25, -0.2) is 0 Å². The monoisotopic (exact) mass is 410 g/mol. The van der Waals surface area contributed by atoms with E-state index in [0.29, 0.717) is 24.8 Å². The Morgan fingerprint density at radius 1 is 1.00 bits per heavy atom. The minimum atomic E-state index is -0.585. The van der Waals surface area contributed by atoms with Crippen molar-refractivity contribution < 1.29 is 14.3 Å². The van der Waals surface area contributed by atoms with Gasteiger partial charge in [0.15, 0.2) is 6.61 Å². The van der Waals surface area contributed by atoms with Gasteiger partial charge in [-0.15, -0.1) is 0 Å². The van der Waals surface area contributed by atoms with Crippen molar-refractivity contribution in [2.45, 2.75) is 59.0 Å². The Morgan fingerprint density at radius 2 is 1.67 bits per heavy atom. The number of rotatable bonds is 11. The van der Waals surface area contributed by atoms with E-state index in [1.54, 1.807) is 11.8 Å². The highest BCUT2D eigenvalue weighted by atomic mass is 16.5. The third kappa shape index (κ3) is 6.90. The molecule has 0 fully saturated rings. The van der Waals surface area contributed by atoms with Gasteiger partial charge in [0.25, 0.3) is 5.91 Å². The van der Waals surface area contributed by atoms with Gasteiger partial charge in [-0.05, 0) is 36.5 Å². The van der Waals surface area contributed by atoms with Gasteiger partial charge < -0.3 is 15.0 Å². The zero-order valence-corrected chi connectivity index (χ0v) is 18.6. The van der Waals surface area contributed by atoms with Crippen molar-refractivity contribution in [1.29, 1.82) is 0 Å². The minimum Gasteiger partial charge on any atom is -0.483 e. The number of benzene rings is 2. The zero-order valence-electron chi connectivity index (χ0n) is 18.6. The Kier molecular flexibility index (Phi) is 9.39. The normalized spacial score (nSPS) is 11.8. The van der Waals surface area contributed by atoms with E-state index in [9.17, 15) is 9.59 Å². The van der Waals surface area contributed by atoms with Gasteiger partial charge in [-0.1, -0.05) is 75.7 Å². The lowest BCUT2D eigenvalue weighted by Crippen LogP contribution is -2.49. The molecule has 0 saturated carbocycles. The van der Waals surface area contributed by atoms with E-state index in [1.165, 1.54) is 0 Å². The van der Waals surface area contributed by atoms with Gasteiger partial charge >= 0.3 is 0 Å². The summed E-state index contributed by atoms with van der Waals surface area (Å²) in [6.07, 6.45) is 1.92. The molecule has 0 aliphatic heterocycles. The molecule has 2 aromatic carbocycles. The highest BCUT2D eigenvalue weighted by molar-refractivity contribution is 5.87. The number of nitrogens with zero attached hydrogens (tertiary/aromatic N) is 1. The summed E-state index contributed by atoms with van der Waals surface area (Å²) in [4.78, 5) is 27.3. The Morgan fingerprint density at radius 3 is 2.33 bits per heavy atom. The molecular formula is C25H34N2O3. The lowest BCUT2D eigenvalue weighted by Gasteiger charge is -2.29. The van der Waals surface area contributed by atoms with Crippen LogP contribution in [-0.4, -0.2) is 35.9 Å². The van der Waals surface area contributed by atoms with Crippen molar-refractivity contribution in [2.75, 3.05) is 13.2 Å². The molecule has 1 unspecified atom stereocenters. The standard InChI is InChI=1S/C25H34N2O3/c1-5-6-16-26-25(29)20(4)27(17-21-12-8-7-9-13-21)24(28)18-30-23-15-11-10-14-22(23)19(2)3/h7-15,19-20H,5-6,16-18H2,1-4H3,(H,26,29). The van der Waals surface area contributed by atoms with Crippen LogP contribution in [0, 0.1) is 0 Å². The van der Waals surface area contributed by atoms with Crippen LogP contribution in [0.2, 0.25) is 0 Å². The van der Waals surface area contributed by atoms with Crippen LogP contribution in [-0.2, 0) is 16.1 Å². The summed E-state index contributed by atoms with van der Waals surface area (Å²) in [7, 11) is 0. The van der Waals surface area contributed by atoms with Gasteiger partial charge in [0.05, 0.1) is 0 Å². The van der Waals surface area contributed by atoms with Crippen LogP contribution < -0.4 is 10.1 Å². The predicted molar refractivity (Wildman–Crippen MR) is 120 cm³/mol. The number of nitrogens with one attached hydrogen (secondary N) is 1. The van der Waals surface area contributed by atoms with E-state index in [0.717, 1.165) is 24.0 Å². The second-order valence-corrected chi connectivity index (χ2v) is 7.81. The van der Waals surface area contributed by atoms with Crippen LogP contribution in [0.4, 0.5) is 0 Å². The highest BCUT2D eigenvalue weighted by Gasteiger charge is 2.26. The quantitative estimate of drug-likeness (QED) is 0.554. The second kappa shape index (κ2) is 12.0. The Bertz CT molecular complexity index is 805. The molecule has 0 heterocycles. The first-order valence-corrected chi connectivity index (χ1v) is 10.8. The third-order valence-corrected chi connectivity index (χ3v) is 5.08. The molecule has 1 atom stereocenters. The summed E-state index contributed by atoms with van der Waals surface area (Å²) in [6.45, 7) is 8.89. The molecule has 0 aliphatic rings. The van der Waals surface area contributed by atoms with Crippen LogP contribution in [0.5, 0.6) is 5.75 Å². The molecule has 30 heavy (non-hydrogen) atoms. The summed E-state index contributed by atoms with van der Waals surface area (Å²) in [5.74, 6) is 0.645. The molecule has 0 saturated heterocycles. The highest BCUT2D eigenvalue weighted by Crippen LogP contribution is 2.26. The Hall–Kier alpha value is -2.82. The average molecular weight is 411 g/mol. The molecule has 0 aliphatic carbocycles. The van der Waals surface area contributed by atoms with Crippen molar-refractivity contribution in [2.24, 2.45) is 0 Å². The number of para-hydroxylation sites is 1. The van der Waals surface area contributed by atoms with Crippen molar-refractivity contribution in [3.63, 3.8) is 0 Å². The molecule has 0 radical (unpaired) electrons. The summed E-state index contributed by atoms with van der Waals surface area (Å²) in [6, 6.07) is 16.9. The molecule has 2 rings (SSSR count). The van der Waals surface area contributed by atoms with Gasteiger partial charge in [0.1, 0.15) is 11.8 Å². The SMILES string of the molecule is CCCCNC(=O)C(C)N(Cc1ccccc1)C(=O)COc1ccccc1C(C)C. The van der Waals surface area contributed by atoms with Gasteiger partial charge in [0.2, 0.25) is 5.91 Å². The predicted octanol–water partition coefficient (Wildman–Crippen LogP) is 4.52. The number of hydrogen-bond acceptors (Lipinski definition) is 3. The van der Waals surface area contributed by atoms with E-state index >= 15 is 0 Å². The number of carbonyl (C=O) groups excluding carboxylic acids is 2. The van der Waals surface area contributed by atoms with Crippen LogP contribution >= 0.6 is 0 Å². The smallest absolute Gasteiger partial charge is 0.261 e. The van der Waals surface area contributed by atoms with Crippen LogP contribution in [0.25, 0.3) is 0 Å². The van der Waals surface area contributed by atoms with Gasteiger partial charge in [-0.2, -0.15) is 0 Å². The first-order chi connectivity index (χ1) is 14.4. The first-order valence-electron chi connectivity index (χ1n) is 10.8. The van der Waals surface area contributed by atoms with Gasteiger partial charge in [0, 0.05) is 13.1 Å². The minimum absolute atomic E-state index is 0.108. The van der Waals surface area contributed by atoms with Crippen LogP contribution in [0.1, 0.15) is 57.6 Å². The van der Waals surface area contributed by atoms with E-state index in [2.05, 4.69) is 26.1 Å². The van der Waals surface area contributed by atoms with Crippen LogP contribution in [0.15, 0.2) is 54.6 Å². The molecular weight excluding hydrogens is 376 g/mol. The first kappa shape index (κ1) is 23.5. The summed E-state index contributed by atoms with van der Waals surface area (Å²) in [5.41, 5.74) is 2.03. The topological polar surface area (TPSA) is 58.6 Å². The lowest BCUT2D eigenvalue weighted by atomic mass is 10.0. The van der Waals surface area contributed by atoms with Crippen molar-refractivity contribution >= 4 is 11.8 Å². The molecule has 0 aromatic heterocycles. The number of ether oxygens (including phenoxy) is 1. The summed E-state index contributed by atoms with van der Waals surface area (Å²) in [5, 5.41) is 2.93. The Labute approximate surface area is 180 Å². The molecule has 0 spiro atoms. The average Bonchev–Trinajstić information content (AvgIpc) is 2.76. The Balaban J connectivity index is 2.12. The fraction of sp³-hybridized carbons (Fsp3) is 0.440.